The summed E-state index contributed by atoms with van der Waals surface area (Å²) in [5.74, 6) is -1.59. The summed E-state index contributed by atoms with van der Waals surface area (Å²) < 4.78 is 14.3. The van der Waals surface area contributed by atoms with Crippen LogP contribution in [0.3, 0.4) is 0 Å². The van der Waals surface area contributed by atoms with Gasteiger partial charge < -0.3 is 34.1 Å². The number of hydrogen-bond acceptors (Lipinski definition) is 11. The molecule has 3 aromatic heterocycles. The third-order valence-electron chi connectivity index (χ3n) is 14.0. The zero-order valence-electron chi connectivity index (χ0n) is 40.0. The summed E-state index contributed by atoms with van der Waals surface area (Å²) in [6, 6.07) is 7.37. The predicted octanol–water partition coefficient (Wildman–Crippen LogP) is 6.00. The Morgan fingerprint density at radius 3 is 2.64 bits per heavy atom. The third-order valence-corrected chi connectivity index (χ3v) is 14.9. The van der Waals surface area contributed by atoms with E-state index in [9.17, 15) is 24.0 Å². The van der Waals surface area contributed by atoms with Crippen LogP contribution in [-0.4, -0.2) is 135 Å². The lowest BCUT2D eigenvalue weighted by atomic mass is 9.82. The number of rotatable bonds is 9. The van der Waals surface area contributed by atoms with Crippen LogP contribution in [0.2, 0.25) is 0 Å². The monoisotopic (exact) mass is 935 g/mol. The number of methoxy groups -OCH3 is 1. The summed E-state index contributed by atoms with van der Waals surface area (Å²) >= 11 is 1.41. The van der Waals surface area contributed by atoms with E-state index in [0.29, 0.717) is 63.4 Å². The number of carbonyl (C=O) groups is 5. The van der Waals surface area contributed by atoms with Crippen molar-refractivity contribution in [3.63, 3.8) is 0 Å². The maximum absolute atomic E-state index is 14.7. The number of nitrogens with zero attached hydrogens (tertiary/aromatic N) is 7. The van der Waals surface area contributed by atoms with Gasteiger partial charge in [0, 0.05) is 104 Å². The Balaban J connectivity index is 1.13. The van der Waals surface area contributed by atoms with Crippen molar-refractivity contribution in [3.8, 4) is 22.5 Å². The number of urea groups is 1. The summed E-state index contributed by atoms with van der Waals surface area (Å²) in [6.07, 6.45) is 5.18. The Morgan fingerprint density at radius 1 is 1.13 bits per heavy atom. The molecule has 3 saturated heterocycles. The Kier molecular flexibility index (Phi) is 13.9. The minimum atomic E-state index is -1.07. The first-order valence-electron chi connectivity index (χ1n) is 23.6. The van der Waals surface area contributed by atoms with Crippen molar-refractivity contribution < 1.29 is 33.4 Å². The molecule has 6 bridgehead atoms. The molecular formula is C50H65N9O7S. The highest BCUT2D eigenvalue weighted by molar-refractivity contribution is 7.10. The molecule has 358 valence electrons. The quantitative estimate of drug-likeness (QED) is 0.150. The lowest BCUT2D eigenvalue weighted by Crippen LogP contribution is -2.68. The summed E-state index contributed by atoms with van der Waals surface area (Å²) in [6.45, 7) is 18.4. The molecule has 0 spiro atoms. The number of esters is 1. The molecule has 17 heteroatoms. The molecule has 5 amide bonds. The first-order valence-corrected chi connectivity index (χ1v) is 24.5. The van der Waals surface area contributed by atoms with Gasteiger partial charge in [-0.25, -0.2) is 15.2 Å². The van der Waals surface area contributed by atoms with E-state index in [-0.39, 0.29) is 48.9 Å². The van der Waals surface area contributed by atoms with Crippen molar-refractivity contribution in [1.29, 1.82) is 0 Å². The topological polar surface area (TPSA) is 172 Å². The SMILES string of the molecule is C=CC(=O)N1CC[C@H]2[C@@H](C1)CN2C(=O)N(C)C(C(=O)N[C@H]1Cc2nc(cs2)-c2ccc3c(c2)c(c(-c2cccnc2[C@H](C)OC)n3CC)CC(C)(C)COC(=O)[C@@H]2CCCN(N2)C1=O)C(C)C. The fraction of sp³-hybridized carbons (Fsp3) is 0.540. The lowest BCUT2D eigenvalue weighted by molar-refractivity contribution is -0.155. The van der Waals surface area contributed by atoms with Crippen LogP contribution < -0.4 is 10.7 Å². The molecule has 1 aromatic carbocycles. The highest BCUT2D eigenvalue weighted by atomic mass is 32.1. The number of pyridine rings is 1. The van der Waals surface area contributed by atoms with Crippen molar-refractivity contribution in [2.24, 2.45) is 17.3 Å². The molecule has 4 aliphatic rings. The van der Waals surface area contributed by atoms with Gasteiger partial charge in [0.25, 0.3) is 5.91 Å². The van der Waals surface area contributed by atoms with Crippen LogP contribution in [0.1, 0.15) is 83.2 Å². The van der Waals surface area contributed by atoms with Gasteiger partial charge in [-0.05, 0) is 81.4 Å². The Hall–Kier alpha value is -5.65. The molecule has 1 unspecified atom stereocenters. The number of cyclic esters (lactones) is 1. The average molecular weight is 936 g/mol. The standard InChI is InChI=1S/C50H65N9O7S/c1-10-42(60)56-21-18-39-32(25-56)26-58(39)49(64)55(8)44(29(3)4)46(61)53-37-23-41-52-38(27-67-41)31-16-17-40-34(22-31)35(45(57(40)11-2)33-14-12-19-51-43(33)30(5)65-9)24-50(6,7)28-66-48(63)36-15-13-20-59(54-36)47(37)62/h10,12,14,16-17,19,22,27,29-30,32,36-37,39,44,54H,1,11,13,15,18,20-21,23-26,28H2,2-9H3,(H,53,61)/t30-,32-,36-,37-,39-,44?/m0/s1. The number of likely N-dealkylation sites (tertiary alicyclic amines) is 2. The Morgan fingerprint density at radius 2 is 1.93 bits per heavy atom. The van der Waals surface area contributed by atoms with E-state index in [1.54, 1.807) is 30.2 Å². The van der Waals surface area contributed by atoms with Crippen molar-refractivity contribution in [1.82, 2.24) is 45.0 Å². The number of ether oxygens (including phenoxy) is 2. The molecular weight excluding hydrogens is 871 g/mol. The number of hydrazine groups is 1. The number of amides is 5. The van der Waals surface area contributed by atoms with Crippen LogP contribution in [0.5, 0.6) is 0 Å². The van der Waals surface area contributed by atoms with Gasteiger partial charge in [0.2, 0.25) is 11.8 Å². The summed E-state index contributed by atoms with van der Waals surface area (Å²) in [7, 11) is 3.32. The molecule has 8 rings (SSSR count). The predicted molar refractivity (Wildman–Crippen MR) is 256 cm³/mol. The van der Waals surface area contributed by atoms with Gasteiger partial charge in [0.1, 0.15) is 18.1 Å². The van der Waals surface area contributed by atoms with E-state index in [1.165, 1.54) is 27.3 Å². The zero-order valence-corrected chi connectivity index (χ0v) is 40.9. The van der Waals surface area contributed by atoms with E-state index in [4.69, 9.17) is 19.4 Å². The van der Waals surface area contributed by atoms with E-state index >= 15 is 0 Å². The van der Waals surface area contributed by atoms with Crippen molar-refractivity contribution in [3.05, 3.63) is 70.8 Å². The summed E-state index contributed by atoms with van der Waals surface area (Å²) in [5, 5.41) is 8.16. The van der Waals surface area contributed by atoms with Crippen LogP contribution in [0.15, 0.2) is 54.6 Å². The molecule has 2 N–H and O–H groups in total. The number of aryl methyl sites for hydroxylation is 1. The van der Waals surface area contributed by atoms with Crippen LogP contribution in [0.25, 0.3) is 33.4 Å². The van der Waals surface area contributed by atoms with Gasteiger partial charge in [0.15, 0.2) is 0 Å². The van der Waals surface area contributed by atoms with E-state index in [2.05, 4.69) is 66.9 Å². The molecule has 0 aliphatic carbocycles. The van der Waals surface area contributed by atoms with Gasteiger partial charge in [-0.1, -0.05) is 40.3 Å². The van der Waals surface area contributed by atoms with Gasteiger partial charge >= 0.3 is 12.0 Å². The Labute approximate surface area is 397 Å². The largest absolute Gasteiger partial charge is 0.464 e. The van der Waals surface area contributed by atoms with Crippen LogP contribution in [0.4, 0.5) is 4.79 Å². The molecule has 7 heterocycles. The van der Waals surface area contributed by atoms with Gasteiger partial charge in [0.05, 0.1) is 34.8 Å². The number of carbonyl (C=O) groups excluding carboxylic acids is 5. The third kappa shape index (κ3) is 9.46. The van der Waals surface area contributed by atoms with E-state index in [1.807, 2.05) is 32.2 Å². The number of piperidine rings is 1. The van der Waals surface area contributed by atoms with Crippen molar-refractivity contribution in [2.45, 2.75) is 110 Å². The maximum Gasteiger partial charge on any atom is 0.324 e. The number of benzene rings is 1. The number of likely N-dealkylation sites (N-methyl/N-ethyl adjacent to an activating group) is 1. The fourth-order valence-electron chi connectivity index (χ4n) is 10.5. The van der Waals surface area contributed by atoms with E-state index < -0.39 is 41.3 Å². The van der Waals surface area contributed by atoms with Crippen LogP contribution in [0, 0.1) is 17.3 Å². The van der Waals surface area contributed by atoms with Gasteiger partial charge in [-0.3, -0.25) is 29.2 Å². The van der Waals surface area contributed by atoms with Gasteiger partial charge in [-0.15, -0.1) is 11.3 Å². The van der Waals surface area contributed by atoms with Crippen molar-refractivity contribution >= 4 is 52.0 Å². The van der Waals surface area contributed by atoms with Crippen LogP contribution in [-0.2, 0) is 48.0 Å². The van der Waals surface area contributed by atoms with Crippen LogP contribution >= 0.6 is 11.3 Å². The molecule has 16 nitrogen and oxygen atoms in total. The fourth-order valence-corrected chi connectivity index (χ4v) is 11.3. The van der Waals surface area contributed by atoms with E-state index in [0.717, 1.165) is 44.7 Å². The first-order chi connectivity index (χ1) is 32.0. The number of nitrogens with one attached hydrogen (secondary N) is 2. The van der Waals surface area contributed by atoms with Crippen molar-refractivity contribution in [2.75, 3.05) is 46.9 Å². The number of fused-ring (bicyclic) bond motifs is 7. The molecule has 0 saturated carbocycles. The second kappa shape index (κ2) is 19.5. The lowest BCUT2D eigenvalue weighted by Gasteiger charge is -2.54. The number of hydrogen-bond donors (Lipinski definition) is 2. The number of thiazole rings is 1. The highest BCUT2D eigenvalue weighted by Crippen LogP contribution is 2.42. The first kappa shape index (κ1) is 47.8. The summed E-state index contributed by atoms with van der Waals surface area (Å²) in [5.41, 5.74) is 9.29. The smallest absolute Gasteiger partial charge is 0.324 e. The minimum Gasteiger partial charge on any atom is -0.464 e. The number of aromatic nitrogens is 3. The summed E-state index contributed by atoms with van der Waals surface area (Å²) in [4.78, 5) is 84.4. The maximum atomic E-state index is 14.7. The molecule has 4 aromatic rings. The second-order valence-electron chi connectivity index (χ2n) is 19.6. The second-order valence-corrected chi connectivity index (χ2v) is 20.6. The normalized spacial score (nSPS) is 22.9. The Bertz CT molecular complexity index is 2550. The molecule has 6 atom stereocenters. The molecule has 3 fully saturated rings. The molecule has 0 radical (unpaired) electrons. The average Bonchev–Trinajstić information content (AvgIpc) is 3.91. The molecule has 4 aliphatic heterocycles. The minimum absolute atomic E-state index is 0.0299. The highest BCUT2D eigenvalue weighted by Gasteiger charge is 2.48. The van der Waals surface area contributed by atoms with Gasteiger partial charge in [-0.2, -0.15) is 0 Å². The zero-order chi connectivity index (χ0) is 47.9. The molecule has 67 heavy (non-hydrogen) atoms.